The van der Waals surface area contributed by atoms with Crippen LogP contribution in [0.15, 0.2) is 24.3 Å². The molecule has 0 saturated heterocycles. The lowest BCUT2D eigenvalue weighted by molar-refractivity contribution is -0.123. The second-order valence-corrected chi connectivity index (χ2v) is 4.68. The summed E-state index contributed by atoms with van der Waals surface area (Å²) in [5, 5.41) is 2.80. The molecule has 2 atom stereocenters. The van der Waals surface area contributed by atoms with Crippen molar-refractivity contribution >= 4 is 11.8 Å². The summed E-state index contributed by atoms with van der Waals surface area (Å²) in [4.78, 5) is 22.5. The van der Waals surface area contributed by atoms with Crippen LogP contribution < -0.4 is 11.1 Å². The third-order valence-electron chi connectivity index (χ3n) is 3.04. The van der Waals surface area contributed by atoms with E-state index in [0.29, 0.717) is 6.42 Å². The Morgan fingerprint density at radius 1 is 1.26 bits per heavy atom. The van der Waals surface area contributed by atoms with Gasteiger partial charge < -0.3 is 11.1 Å². The minimum Gasteiger partial charge on any atom is -0.369 e. The largest absolute Gasteiger partial charge is 0.369 e. The number of hydrogen-bond donors (Lipinski definition) is 2. The van der Waals surface area contributed by atoms with E-state index < -0.39 is 5.91 Å². The van der Waals surface area contributed by atoms with Gasteiger partial charge in [-0.05, 0) is 31.0 Å². The Morgan fingerprint density at radius 3 is 2.37 bits per heavy atom. The summed E-state index contributed by atoms with van der Waals surface area (Å²) < 4.78 is 12.8. The molecule has 0 aromatic heterocycles. The molecule has 104 valence electrons. The molecule has 0 aliphatic heterocycles. The van der Waals surface area contributed by atoms with Gasteiger partial charge in [-0.3, -0.25) is 9.59 Å². The lowest BCUT2D eigenvalue weighted by Crippen LogP contribution is -2.28. The van der Waals surface area contributed by atoms with Crippen molar-refractivity contribution in [2.75, 3.05) is 0 Å². The Bertz CT molecular complexity index is 445. The number of rotatable bonds is 6. The third kappa shape index (κ3) is 5.07. The van der Waals surface area contributed by atoms with Gasteiger partial charge in [0.15, 0.2) is 0 Å². The van der Waals surface area contributed by atoms with Crippen LogP contribution in [0.5, 0.6) is 0 Å². The molecule has 0 aliphatic rings. The number of amides is 2. The lowest BCUT2D eigenvalue weighted by Gasteiger charge is -2.15. The first kappa shape index (κ1) is 15.1. The summed E-state index contributed by atoms with van der Waals surface area (Å²) in [5.41, 5.74) is 5.95. The molecular weight excluding hydrogens is 247 g/mol. The zero-order valence-corrected chi connectivity index (χ0v) is 11.2. The van der Waals surface area contributed by atoms with Crippen LogP contribution in [0, 0.1) is 11.7 Å². The molecule has 0 aliphatic carbocycles. The smallest absolute Gasteiger partial charge is 0.220 e. The first-order valence-electron chi connectivity index (χ1n) is 6.24. The van der Waals surface area contributed by atoms with Crippen LogP contribution in [0.3, 0.4) is 0 Å². The van der Waals surface area contributed by atoms with Gasteiger partial charge in [-0.2, -0.15) is 0 Å². The highest BCUT2D eigenvalue weighted by Crippen LogP contribution is 2.13. The molecule has 0 saturated carbocycles. The van der Waals surface area contributed by atoms with Gasteiger partial charge in [0.05, 0.1) is 6.04 Å². The van der Waals surface area contributed by atoms with E-state index in [1.54, 1.807) is 19.1 Å². The molecule has 2 amide bonds. The molecule has 1 rings (SSSR count). The van der Waals surface area contributed by atoms with E-state index in [2.05, 4.69) is 5.32 Å². The molecule has 1 unspecified atom stereocenters. The maximum atomic E-state index is 12.8. The van der Waals surface area contributed by atoms with Gasteiger partial charge >= 0.3 is 0 Å². The molecule has 5 heteroatoms. The molecule has 3 N–H and O–H groups in total. The van der Waals surface area contributed by atoms with Crippen molar-refractivity contribution in [2.24, 2.45) is 11.7 Å². The summed E-state index contributed by atoms with van der Waals surface area (Å²) in [6, 6.07) is 5.77. The molecule has 0 spiro atoms. The highest BCUT2D eigenvalue weighted by atomic mass is 19.1. The molecule has 1 aromatic carbocycles. The maximum Gasteiger partial charge on any atom is 0.220 e. The van der Waals surface area contributed by atoms with Crippen LogP contribution in [0.1, 0.15) is 38.3 Å². The SMILES string of the molecule is CC(CCC(=O)N[C@@H](C)c1ccc(F)cc1)C(N)=O. The standard InChI is InChI=1S/C14H19FN2O2/c1-9(14(16)19)3-8-13(18)17-10(2)11-4-6-12(15)7-5-11/h4-7,9-10H,3,8H2,1-2H3,(H2,16,19)(H,17,18)/t9?,10-/m0/s1. The van der Waals surface area contributed by atoms with Gasteiger partial charge in [-0.25, -0.2) is 4.39 Å². The van der Waals surface area contributed by atoms with Crippen LogP contribution in [0.4, 0.5) is 4.39 Å². The predicted octanol–water partition coefficient (Wildman–Crippen LogP) is 1.90. The van der Waals surface area contributed by atoms with Gasteiger partial charge in [-0.1, -0.05) is 19.1 Å². The van der Waals surface area contributed by atoms with Crippen LogP contribution in [0.25, 0.3) is 0 Å². The predicted molar refractivity (Wildman–Crippen MR) is 70.6 cm³/mol. The van der Waals surface area contributed by atoms with Crippen LogP contribution in [-0.4, -0.2) is 11.8 Å². The quantitative estimate of drug-likeness (QED) is 0.825. The first-order valence-corrected chi connectivity index (χ1v) is 6.24. The van der Waals surface area contributed by atoms with Crippen molar-refractivity contribution in [2.45, 2.75) is 32.7 Å². The molecular formula is C14H19FN2O2. The van der Waals surface area contributed by atoms with Gasteiger partial charge in [0, 0.05) is 12.3 Å². The minimum absolute atomic E-state index is 0.148. The number of nitrogens with one attached hydrogen (secondary N) is 1. The third-order valence-corrected chi connectivity index (χ3v) is 3.04. The summed E-state index contributed by atoms with van der Waals surface area (Å²) in [5.74, 6) is -1.17. The van der Waals surface area contributed by atoms with E-state index in [-0.39, 0.29) is 30.1 Å². The van der Waals surface area contributed by atoms with Crippen LogP contribution in [-0.2, 0) is 9.59 Å². The topological polar surface area (TPSA) is 72.2 Å². The lowest BCUT2D eigenvalue weighted by atomic mass is 10.0. The Balaban J connectivity index is 2.44. The zero-order valence-electron chi connectivity index (χ0n) is 11.2. The van der Waals surface area contributed by atoms with Crippen molar-refractivity contribution < 1.29 is 14.0 Å². The number of primary amides is 1. The second kappa shape index (κ2) is 6.87. The first-order chi connectivity index (χ1) is 8.90. The summed E-state index contributed by atoms with van der Waals surface area (Å²) in [6.45, 7) is 3.52. The molecule has 0 radical (unpaired) electrons. The zero-order chi connectivity index (χ0) is 14.4. The number of nitrogens with two attached hydrogens (primary N) is 1. The average Bonchev–Trinajstić information content (AvgIpc) is 2.36. The van der Waals surface area contributed by atoms with Crippen molar-refractivity contribution in [3.05, 3.63) is 35.6 Å². The van der Waals surface area contributed by atoms with E-state index in [0.717, 1.165) is 5.56 Å². The Hall–Kier alpha value is -1.91. The van der Waals surface area contributed by atoms with Crippen molar-refractivity contribution in [3.8, 4) is 0 Å². The Morgan fingerprint density at radius 2 is 1.84 bits per heavy atom. The molecule has 19 heavy (non-hydrogen) atoms. The van der Waals surface area contributed by atoms with Crippen molar-refractivity contribution in [3.63, 3.8) is 0 Å². The van der Waals surface area contributed by atoms with Crippen molar-refractivity contribution in [1.29, 1.82) is 0 Å². The van der Waals surface area contributed by atoms with Crippen molar-refractivity contribution in [1.82, 2.24) is 5.32 Å². The van der Waals surface area contributed by atoms with E-state index in [1.165, 1.54) is 12.1 Å². The summed E-state index contributed by atoms with van der Waals surface area (Å²) in [7, 11) is 0. The fraction of sp³-hybridized carbons (Fsp3) is 0.429. The van der Waals surface area contributed by atoms with Gasteiger partial charge in [0.2, 0.25) is 11.8 Å². The van der Waals surface area contributed by atoms with Gasteiger partial charge in [0.25, 0.3) is 0 Å². The Kier molecular flexibility index (Phi) is 5.48. The Labute approximate surface area is 112 Å². The second-order valence-electron chi connectivity index (χ2n) is 4.68. The number of carbonyl (C=O) groups excluding carboxylic acids is 2. The molecule has 0 heterocycles. The van der Waals surface area contributed by atoms with E-state index >= 15 is 0 Å². The number of benzene rings is 1. The van der Waals surface area contributed by atoms with Crippen LogP contribution in [0.2, 0.25) is 0 Å². The van der Waals surface area contributed by atoms with E-state index in [1.807, 2.05) is 6.92 Å². The fourth-order valence-electron chi connectivity index (χ4n) is 1.64. The van der Waals surface area contributed by atoms with Gasteiger partial charge in [0.1, 0.15) is 5.82 Å². The van der Waals surface area contributed by atoms with E-state index in [4.69, 9.17) is 5.73 Å². The number of halogens is 1. The minimum atomic E-state index is -0.403. The normalized spacial score (nSPS) is 13.6. The molecule has 1 aromatic rings. The maximum absolute atomic E-state index is 12.8. The number of carbonyl (C=O) groups is 2. The monoisotopic (exact) mass is 266 g/mol. The van der Waals surface area contributed by atoms with E-state index in [9.17, 15) is 14.0 Å². The summed E-state index contributed by atoms with van der Waals surface area (Å²) >= 11 is 0. The molecule has 0 bridgehead atoms. The number of hydrogen-bond acceptors (Lipinski definition) is 2. The highest BCUT2D eigenvalue weighted by molar-refractivity contribution is 5.79. The van der Waals surface area contributed by atoms with Crippen LogP contribution >= 0.6 is 0 Å². The molecule has 4 nitrogen and oxygen atoms in total. The average molecular weight is 266 g/mol. The highest BCUT2D eigenvalue weighted by Gasteiger charge is 2.13. The molecule has 0 fully saturated rings. The van der Waals surface area contributed by atoms with Gasteiger partial charge in [-0.15, -0.1) is 0 Å². The summed E-state index contributed by atoms with van der Waals surface area (Å²) in [6.07, 6.45) is 0.674. The fourth-order valence-corrected chi connectivity index (χ4v) is 1.64.